The van der Waals surface area contributed by atoms with Crippen LogP contribution in [0.25, 0.3) is 0 Å². The van der Waals surface area contributed by atoms with Gasteiger partial charge in [-0.3, -0.25) is 4.90 Å². The highest BCUT2D eigenvalue weighted by Gasteiger charge is 2.22. The van der Waals surface area contributed by atoms with Gasteiger partial charge in [0.25, 0.3) is 0 Å². The summed E-state index contributed by atoms with van der Waals surface area (Å²) in [5.74, 6) is 1.54. The van der Waals surface area contributed by atoms with Crippen LogP contribution in [0.5, 0.6) is 11.5 Å². The number of halogens is 1. The van der Waals surface area contributed by atoms with Crippen molar-refractivity contribution in [3.8, 4) is 11.5 Å². The van der Waals surface area contributed by atoms with Crippen LogP contribution >= 0.6 is 15.9 Å². The van der Waals surface area contributed by atoms with Crippen molar-refractivity contribution in [2.45, 2.75) is 19.0 Å². The first kappa shape index (κ1) is 14.6. The van der Waals surface area contributed by atoms with E-state index < -0.39 is 0 Å². The number of nitrogens with zero attached hydrogens (tertiary/aromatic N) is 1. The van der Waals surface area contributed by atoms with E-state index >= 15 is 0 Å². The van der Waals surface area contributed by atoms with Crippen LogP contribution in [0, 0.1) is 0 Å². The Balaban J connectivity index is 2.12. The maximum absolute atomic E-state index is 5.36. The third-order valence-electron chi connectivity index (χ3n) is 3.63. The van der Waals surface area contributed by atoms with Gasteiger partial charge in [-0.2, -0.15) is 0 Å². The van der Waals surface area contributed by atoms with E-state index in [2.05, 4.69) is 32.2 Å². The van der Waals surface area contributed by atoms with Crippen LogP contribution < -0.4 is 14.8 Å². The average molecular weight is 329 g/mol. The van der Waals surface area contributed by atoms with Crippen molar-refractivity contribution >= 4 is 15.9 Å². The third kappa shape index (κ3) is 3.41. The number of nitrogens with one attached hydrogen (secondary N) is 1. The Kier molecular flexibility index (Phi) is 5.07. The van der Waals surface area contributed by atoms with E-state index in [4.69, 9.17) is 9.47 Å². The molecule has 1 heterocycles. The molecule has 1 aliphatic rings. The van der Waals surface area contributed by atoms with Crippen molar-refractivity contribution in [3.05, 3.63) is 22.2 Å². The van der Waals surface area contributed by atoms with Crippen molar-refractivity contribution in [1.82, 2.24) is 10.2 Å². The maximum Gasteiger partial charge on any atom is 0.161 e. The number of hydrogen-bond donors (Lipinski definition) is 1. The highest BCUT2D eigenvalue weighted by molar-refractivity contribution is 9.10. The number of hydrogen-bond acceptors (Lipinski definition) is 4. The summed E-state index contributed by atoms with van der Waals surface area (Å²) < 4.78 is 11.7. The van der Waals surface area contributed by atoms with Gasteiger partial charge in [0, 0.05) is 30.1 Å². The first-order valence-electron chi connectivity index (χ1n) is 6.48. The molecule has 1 saturated heterocycles. The summed E-state index contributed by atoms with van der Waals surface area (Å²) in [6.07, 6.45) is 1.21. The zero-order chi connectivity index (χ0) is 13.8. The molecule has 0 saturated carbocycles. The molecule has 0 bridgehead atoms. The Morgan fingerprint density at radius 3 is 2.58 bits per heavy atom. The second kappa shape index (κ2) is 6.59. The van der Waals surface area contributed by atoms with Gasteiger partial charge in [0.2, 0.25) is 0 Å². The summed E-state index contributed by atoms with van der Waals surface area (Å²) in [5.41, 5.74) is 1.23. The van der Waals surface area contributed by atoms with Gasteiger partial charge in [-0.05, 0) is 31.2 Å². The molecule has 0 amide bonds. The molecule has 2 rings (SSSR count). The summed E-state index contributed by atoms with van der Waals surface area (Å²) in [7, 11) is 5.35. The highest BCUT2D eigenvalue weighted by atomic mass is 79.9. The summed E-state index contributed by atoms with van der Waals surface area (Å²) in [5, 5.41) is 3.34. The minimum absolute atomic E-state index is 0.610. The largest absolute Gasteiger partial charge is 0.493 e. The van der Waals surface area contributed by atoms with Gasteiger partial charge in [-0.1, -0.05) is 15.9 Å². The summed E-state index contributed by atoms with van der Waals surface area (Å²) in [6, 6.07) is 4.63. The number of ether oxygens (including phenoxy) is 2. The number of rotatable bonds is 5. The van der Waals surface area contributed by atoms with E-state index in [0.29, 0.717) is 6.04 Å². The Labute approximate surface area is 123 Å². The first-order valence-corrected chi connectivity index (χ1v) is 7.27. The van der Waals surface area contributed by atoms with Crippen LogP contribution in [0.1, 0.15) is 12.0 Å². The molecule has 1 atom stereocenters. The molecule has 5 heteroatoms. The van der Waals surface area contributed by atoms with Crippen LogP contribution in [0.4, 0.5) is 0 Å². The van der Waals surface area contributed by atoms with Crippen molar-refractivity contribution in [2.24, 2.45) is 0 Å². The van der Waals surface area contributed by atoms with E-state index in [0.717, 1.165) is 35.6 Å². The van der Waals surface area contributed by atoms with Crippen LogP contribution in [0.15, 0.2) is 16.6 Å². The second-order valence-corrected chi connectivity index (χ2v) is 5.66. The van der Waals surface area contributed by atoms with Crippen LogP contribution in [-0.4, -0.2) is 45.3 Å². The minimum atomic E-state index is 0.610. The number of likely N-dealkylation sites (N-methyl/N-ethyl adjacent to an activating group) is 1. The van der Waals surface area contributed by atoms with E-state index in [1.807, 2.05) is 13.1 Å². The zero-order valence-corrected chi connectivity index (χ0v) is 13.3. The molecule has 1 fully saturated rings. The molecule has 1 aliphatic heterocycles. The molecular formula is C14H21BrN2O2. The molecule has 106 valence electrons. The fourth-order valence-corrected chi connectivity index (χ4v) is 2.92. The molecule has 0 aromatic heterocycles. The predicted molar refractivity (Wildman–Crippen MR) is 80.0 cm³/mol. The first-order chi connectivity index (χ1) is 9.17. The smallest absolute Gasteiger partial charge is 0.161 e. The van der Waals surface area contributed by atoms with Gasteiger partial charge in [0.05, 0.1) is 14.2 Å². The number of methoxy groups -OCH3 is 2. The highest BCUT2D eigenvalue weighted by Crippen LogP contribution is 2.34. The molecule has 0 radical (unpaired) electrons. The molecule has 1 aromatic carbocycles. The fraction of sp³-hybridized carbons (Fsp3) is 0.571. The van der Waals surface area contributed by atoms with Crippen LogP contribution in [-0.2, 0) is 6.54 Å². The normalized spacial score (nSPS) is 19.7. The van der Waals surface area contributed by atoms with Crippen LogP contribution in [0.3, 0.4) is 0 Å². The standard InChI is InChI=1S/C14H21BrN2O2/c1-16-11-4-5-17(9-11)8-10-6-13(18-2)14(19-3)7-12(10)15/h6-7,11,16H,4-5,8-9H2,1-3H3. The van der Waals surface area contributed by atoms with Gasteiger partial charge < -0.3 is 14.8 Å². The lowest BCUT2D eigenvalue weighted by Crippen LogP contribution is -2.29. The zero-order valence-electron chi connectivity index (χ0n) is 11.7. The topological polar surface area (TPSA) is 33.7 Å². The molecule has 1 N–H and O–H groups in total. The van der Waals surface area contributed by atoms with Gasteiger partial charge in [0.15, 0.2) is 11.5 Å². The van der Waals surface area contributed by atoms with Crippen molar-refractivity contribution < 1.29 is 9.47 Å². The quantitative estimate of drug-likeness (QED) is 0.899. The van der Waals surface area contributed by atoms with Gasteiger partial charge in [-0.25, -0.2) is 0 Å². The molecule has 0 aliphatic carbocycles. The van der Waals surface area contributed by atoms with E-state index in [9.17, 15) is 0 Å². The molecule has 19 heavy (non-hydrogen) atoms. The SMILES string of the molecule is CNC1CCN(Cc2cc(OC)c(OC)cc2Br)C1. The monoisotopic (exact) mass is 328 g/mol. The van der Waals surface area contributed by atoms with Gasteiger partial charge in [-0.15, -0.1) is 0 Å². The minimum Gasteiger partial charge on any atom is -0.493 e. The number of benzene rings is 1. The van der Waals surface area contributed by atoms with Crippen molar-refractivity contribution in [2.75, 3.05) is 34.4 Å². The van der Waals surface area contributed by atoms with E-state index in [1.165, 1.54) is 12.0 Å². The average Bonchev–Trinajstić information content (AvgIpc) is 2.88. The lowest BCUT2D eigenvalue weighted by molar-refractivity contribution is 0.319. The second-order valence-electron chi connectivity index (χ2n) is 4.81. The lowest BCUT2D eigenvalue weighted by Gasteiger charge is -2.18. The molecular weight excluding hydrogens is 308 g/mol. The Morgan fingerprint density at radius 1 is 1.32 bits per heavy atom. The van der Waals surface area contributed by atoms with Crippen molar-refractivity contribution in [1.29, 1.82) is 0 Å². The summed E-state index contributed by atoms with van der Waals surface area (Å²) in [6.45, 7) is 3.16. The van der Waals surface area contributed by atoms with E-state index in [-0.39, 0.29) is 0 Å². The summed E-state index contributed by atoms with van der Waals surface area (Å²) in [4.78, 5) is 2.45. The molecule has 4 nitrogen and oxygen atoms in total. The fourth-order valence-electron chi connectivity index (χ4n) is 2.47. The molecule has 1 aromatic rings. The molecule has 1 unspecified atom stereocenters. The van der Waals surface area contributed by atoms with Crippen molar-refractivity contribution in [3.63, 3.8) is 0 Å². The van der Waals surface area contributed by atoms with E-state index in [1.54, 1.807) is 14.2 Å². The predicted octanol–water partition coefficient (Wildman–Crippen LogP) is 2.26. The number of likely N-dealkylation sites (tertiary alicyclic amines) is 1. The Hall–Kier alpha value is -0.780. The Bertz CT molecular complexity index is 440. The van der Waals surface area contributed by atoms with Gasteiger partial charge >= 0.3 is 0 Å². The van der Waals surface area contributed by atoms with Crippen LogP contribution in [0.2, 0.25) is 0 Å². The summed E-state index contributed by atoms with van der Waals surface area (Å²) >= 11 is 3.61. The molecule has 0 spiro atoms. The van der Waals surface area contributed by atoms with Gasteiger partial charge in [0.1, 0.15) is 0 Å². The third-order valence-corrected chi connectivity index (χ3v) is 4.37. The maximum atomic E-state index is 5.36. The lowest BCUT2D eigenvalue weighted by atomic mass is 10.2. The Morgan fingerprint density at radius 2 is 2.00 bits per heavy atom.